The highest BCUT2D eigenvalue weighted by Crippen LogP contribution is 2.35. The lowest BCUT2D eigenvalue weighted by atomic mass is 9.79. The van der Waals surface area contributed by atoms with E-state index in [1.54, 1.807) is 0 Å². The molecule has 0 bridgehead atoms. The zero-order valence-corrected chi connectivity index (χ0v) is 13.8. The molecule has 21 heavy (non-hydrogen) atoms. The maximum absolute atomic E-state index is 4.23. The van der Waals surface area contributed by atoms with Gasteiger partial charge in [-0.3, -0.25) is 4.98 Å². The first-order valence-corrected chi connectivity index (χ1v) is 8.52. The van der Waals surface area contributed by atoms with Gasteiger partial charge in [-0.2, -0.15) is 0 Å². The van der Waals surface area contributed by atoms with Crippen LogP contribution in [0, 0.1) is 5.41 Å². The highest BCUT2D eigenvalue weighted by atomic mass is 15.1. The quantitative estimate of drug-likeness (QED) is 0.779. The van der Waals surface area contributed by atoms with Gasteiger partial charge in [0.25, 0.3) is 0 Å². The second kappa shape index (κ2) is 8.50. The molecular weight excluding hydrogens is 258 g/mol. The summed E-state index contributed by atoms with van der Waals surface area (Å²) in [7, 11) is 2.26. The van der Waals surface area contributed by atoms with E-state index in [1.807, 2.05) is 18.5 Å². The maximum Gasteiger partial charge on any atom is 0.0312 e. The number of hydrogen-bond acceptors (Lipinski definition) is 3. The Morgan fingerprint density at radius 3 is 2.62 bits per heavy atom. The predicted molar refractivity (Wildman–Crippen MR) is 89.2 cm³/mol. The zero-order chi connectivity index (χ0) is 15.0. The summed E-state index contributed by atoms with van der Waals surface area (Å²) in [5.74, 6) is 0. The molecule has 0 radical (unpaired) electrons. The zero-order valence-electron chi connectivity index (χ0n) is 13.8. The molecule has 0 aromatic carbocycles. The van der Waals surface area contributed by atoms with Crippen molar-refractivity contribution in [3.05, 3.63) is 30.1 Å². The molecule has 1 aromatic heterocycles. The second-order valence-electron chi connectivity index (χ2n) is 6.73. The van der Waals surface area contributed by atoms with Gasteiger partial charge in [-0.1, -0.05) is 38.7 Å². The molecule has 1 N–H and O–H groups in total. The Balaban J connectivity index is 1.96. The van der Waals surface area contributed by atoms with Gasteiger partial charge in [0.15, 0.2) is 0 Å². The van der Waals surface area contributed by atoms with Crippen LogP contribution in [0.2, 0.25) is 0 Å². The summed E-state index contributed by atoms with van der Waals surface area (Å²) < 4.78 is 0. The number of hydrogen-bond donors (Lipinski definition) is 1. The van der Waals surface area contributed by atoms with Gasteiger partial charge in [-0.15, -0.1) is 0 Å². The fourth-order valence-corrected chi connectivity index (χ4v) is 3.69. The molecule has 1 saturated carbocycles. The Hall–Kier alpha value is -0.930. The van der Waals surface area contributed by atoms with E-state index in [9.17, 15) is 0 Å². The van der Waals surface area contributed by atoms with E-state index < -0.39 is 0 Å². The topological polar surface area (TPSA) is 28.2 Å². The van der Waals surface area contributed by atoms with Crippen LogP contribution in [0.1, 0.15) is 51.0 Å². The molecule has 0 aliphatic heterocycles. The van der Waals surface area contributed by atoms with Gasteiger partial charge in [0.2, 0.25) is 0 Å². The van der Waals surface area contributed by atoms with Crippen molar-refractivity contribution in [3.63, 3.8) is 0 Å². The monoisotopic (exact) mass is 289 g/mol. The van der Waals surface area contributed by atoms with Gasteiger partial charge in [0.05, 0.1) is 0 Å². The predicted octanol–water partition coefficient (Wildman–Crippen LogP) is 3.46. The van der Waals surface area contributed by atoms with Crippen LogP contribution in [0.25, 0.3) is 0 Å². The summed E-state index contributed by atoms with van der Waals surface area (Å²) in [6.07, 6.45) is 12.2. The van der Waals surface area contributed by atoms with Gasteiger partial charge in [0.1, 0.15) is 0 Å². The summed E-state index contributed by atoms with van der Waals surface area (Å²) >= 11 is 0. The Bertz CT molecular complexity index is 383. The van der Waals surface area contributed by atoms with Crippen LogP contribution in [0.4, 0.5) is 0 Å². The molecule has 0 amide bonds. The molecule has 3 heteroatoms. The average molecular weight is 289 g/mol. The van der Waals surface area contributed by atoms with Gasteiger partial charge < -0.3 is 10.2 Å². The van der Waals surface area contributed by atoms with Crippen LogP contribution >= 0.6 is 0 Å². The molecule has 1 aliphatic rings. The van der Waals surface area contributed by atoms with Gasteiger partial charge in [-0.25, -0.2) is 0 Å². The van der Waals surface area contributed by atoms with E-state index in [0.29, 0.717) is 5.41 Å². The van der Waals surface area contributed by atoms with Gasteiger partial charge in [-0.05, 0) is 43.5 Å². The minimum atomic E-state index is 0.462. The van der Waals surface area contributed by atoms with Crippen LogP contribution in [0.15, 0.2) is 24.5 Å². The number of nitrogens with zero attached hydrogens (tertiary/aromatic N) is 2. The average Bonchev–Trinajstić information content (AvgIpc) is 2.72. The lowest BCUT2D eigenvalue weighted by Crippen LogP contribution is -2.42. The molecule has 1 aliphatic carbocycles. The van der Waals surface area contributed by atoms with Gasteiger partial charge in [0, 0.05) is 32.0 Å². The van der Waals surface area contributed by atoms with E-state index >= 15 is 0 Å². The first-order valence-electron chi connectivity index (χ1n) is 8.52. The molecule has 2 rings (SSSR count). The first-order chi connectivity index (χ1) is 10.2. The summed E-state index contributed by atoms with van der Waals surface area (Å²) in [5.41, 5.74) is 1.77. The fraction of sp³-hybridized carbons (Fsp3) is 0.722. The molecule has 1 heterocycles. The maximum atomic E-state index is 4.23. The number of rotatable bonds is 7. The molecule has 0 unspecified atom stereocenters. The molecule has 0 atom stereocenters. The van der Waals surface area contributed by atoms with Crippen molar-refractivity contribution < 1.29 is 0 Å². The third-order valence-electron chi connectivity index (χ3n) is 4.69. The number of nitrogens with one attached hydrogen (secondary N) is 1. The first kappa shape index (κ1) is 16.4. The highest BCUT2D eigenvalue weighted by Gasteiger charge is 2.31. The molecular formula is C18H31N3. The molecule has 1 aromatic rings. The third kappa shape index (κ3) is 5.40. The van der Waals surface area contributed by atoms with Crippen molar-refractivity contribution in [2.45, 2.75) is 52.0 Å². The van der Waals surface area contributed by atoms with Crippen molar-refractivity contribution in [3.8, 4) is 0 Å². The summed E-state index contributed by atoms with van der Waals surface area (Å²) in [4.78, 5) is 6.71. The van der Waals surface area contributed by atoms with Crippen LogP contribution in [-0.2, 0) is 6.54 Å². The van der Waals surface area contributed by atoms with Crippen LogP contribution in [-0.4, -0.2) is 36.6 Å². The molecule has 1 fully saturated rings. The van der Waals surface area contributed by atoms with Crippen molar-refractivity contribution in [1.82, 2.24) is 15.2 Å². The van der Waals surface area contributed by atoms with Crippen LogP contribution < -0.4 is 5.32 Å². The third-order valence-corrected chi connectivity index (χ3v) is 4.69. The van der Waals surface area contributed by atoms with E-state index in [-0.39, 0.29) is 0 Å². The van der Waals surface area contributed by atoms with Crippen LogP contribution in [0.3, 0.4) is 0 Å². The van der Waals surface area contributed by atoms with Crippen molar-refractivity contribution in [1.29, 1.82) is 0 Å². The lowest BCUT2D eigenvalue weighted by Gasteiger charge is -2.37. The van der Waals surface area contributed by atoms with E-state index in [1.165, 1.54) is 57.2 Å². The SMILES string of the molecule is CCNCC1(CN(C)Cc2cccnc2)CCCCCC1. The minimum Gasteiger partial charge on any atom is -0.316 e. The smallest absolute Gasteiger partial charge is 0.0312 e. The van der Waals surface area contributed by atoms with Gasteiger partial charge >= 0.3 is 0 Å². The molecule has 0 saturated heterocycles. The van der Waals surface area contributed by atoms with Crippen molar-refractivity contribution in [2.24, 2.45) is 5.41 Å². The normalized spacial score (nSPS) is 18.6. The molecule has 3 nitrogen and oxygen atoms in total. The molecule has 0 spiro atoms. The summed E-state index contributed by atoms with van der Waals surface area (Å²) in [6.45, 7) is 6.65. The minimum absolute atomic E-state index is 0.462. The summed E-state index contributed by atoms with van der Waals surface area (Å²) in [6, 6.07) is 4.21. The Kier molecular flexibility index (Phi) is 6.65. The Labute approximate surface area is 130 Å². The standard InChI is InChI=1S/C18H31N3/c1-3-19-15-18(10-6-4-5-7-11-18)16-21(2)14-17-9-8-12-20-13-17/h8-9,12-13,19H,3-7,10-11,14-16H2,1-2H3. The number of aromatic nitrogens is 1. The van der Waals surface area contributed by atoms with Crippen molar-refractivity contribution in [2.75, 3.05) is 26.7 Å². The lowest BCUT2D eigenvalue weighted by molar-refractivity contribution is 0.142. The van der Waals surface area contributed by atoms with Crippen molar-refractivity contribution >= 4 is 0 Å². The fourth-order valence-electron chi connectivity index (χ4n) is 3.69. The summed E-state index contributed by atoms with van der Waals surface area (Å²) in [5, 5.41) is 3.62. The molecule has 118 valence electrons. The van der Waals surface area contributed by atoms with E-state index in [4.69, 9.17) is 0 Å². The Morgan fingerprint density at radius 2 is 2.00 bits per heavy atom. The number of pyridine rings is 1. The van der Waals surface area contributed by atoms with E-state index in [0.717, 1.165) is 13.1 Å². The van der Waals surface area contributed by atoms with Crippen LogP contribution in [0.5, 0.6) is 0 Å². The largest absolute Gasteiger partial charge is 0.316 e. The highest BCUT2D eigenvalue weighted by molar-refractivity contribution is 5.08. The van der Waals surface area contributed by atoms with E-state index in [2.05, 4.69) is 35.2 Å². The second-order valence-corrected chi connectivity index (χ2v) is 6.73. The Morgan fingerprint density at radius 1 is 1.24 bits per heavy atom.